The molecule has 1 amide bonds. The lowest BCUT2D eigenvalue weighted by Gasteiger charge is -2.39. The summed E-state index contributed by atoms with van der Waals surface area (Å²) in [4.78, 5) is 14.5. The van der Waals surface area contributed by atoms with Crippen LogP contribution in [-0.4, -0.2) is 61.3 Å². The van der Waals surface area contributed by atoms with E-state index in [1.54, 1.807) is 0 Å². The molecule has 3 aliphatic heterocycles. The summed E-state index contributed by atoms with van der Waals surface area (Å²) >= 11 is 0. The number of fused-ring (bicyclic) bond motifs is 1. The zero-order chi connectivity index (χ0) is 13.3. The molecule has 3 saturated heterocycles. The molecular formula is C14H25N3O2. The lowest BCUT2D eigenvalue weighted by Crippen LogP contribution is -2.60. The van der Waals surface area contributed by atoms with Crippen LogP contribution in [0.5, 0.6) is 0 Å². The minimum absolute atomic E-state index is 0.0459. The number of hydrogen-bond acceptors (Lipinski definition) is 4. The van der Waals surface area contributed by atoms with Gasteiger partial charge in [-0.25, -0.2) is 0 Å². The van der Waals surface area contributed by atoms with Crippen molar-refractivity contribution in [3.63, 3.8) is 0 Å². The van der Waals surface area contributed by atoms with Crippen LogP contribution in [0, 0.1) is 0 Å². The van der Waals surface area contributed by atoms with Crippen LogP contribution in [0.2, 0.25) is 0 Å². The standard InChI is InChI=1S/C14H25N3O2/c1-14(9-15-10-14)19-8-13(18)16-11-4-6-17-5-2-3-12(17)7-11/h11-12,15H,2-10H2,1H3,(H,16,18). The summed E-state index contributed by atoms with van der Waals surface area (Å²) < 4.78 is 5.67. The number of amides is 1. The summed E-state index contributed by atoms with van der Waals surface area (Å²) in [6, 6.07) is 1.05. The molecule has 0 aromatic rings. The molecule has 5 heteroatoms. The maximum Gasteiger partial charge on any atom is 0.246 e. The Hall–Kier alpha value is -0.650. The van der Waals surface area contributed by atoms with Gasteiger partial charge in [0, 0.05) is 31.7 Å². The molecule has 0 radical (unpaired) electrons. The number of ether oxygens (including phenoxy) is 1. The lowest BCUT2D eigenvalue weighted by atomic mass is 9.97. The van der Waals surface area contributed by atoms with Crippen LogP contribution in [-0.2, 0) is 9.53 Å². The van der Waals surface area contributed by atoms with Crippen molar-refractivity contribution in [2.75, 3.05) is 32.8 Å². The maximum absolute atomic E-state index is 11.9. The van der Waals surface area contributed by atoms with Gasteiger partial charge in [-0.2, -0.15) is 0 Å². The second-order valence-electron chi connectivity index (χ2n) is 6.46. The number of carbonyl (C=O) groups is 1. The summed E-state index contributed by atoms with van der Waals surface area (Å²) in [7, 11) is 0. The molecule has 2 N–H and O–H groups in total. The van der Waals surface area contributed by atoms with Crippen molar-refractivity contribution >= 4 is 5.91 Å². The molecule has 3 fully saturated rings. The fraction of sp³-hybridized carbons (Fsp3) is 0.929. The van der Waals surface area contributed by atoms with E-state index in [0.29, 0.717) is 12.1 Å². The molecule has 2 atom stereocenters. The van der Waals surface area contributed by atoms with Gasteiger partial charge in [0.25, 0.3) is 0 Å². The van der Waals surface area contributed by atoms with Gasteiger partial charge in [0.1, 0.15) is 6.61 Å². The van der Waals surface area contributed by atoms with Crippen LogP contribution < -0.4 is 10.6 Å². The average molecular weight is 267 g/mol. The molecule has 0 spiro atoms. The average Bonchev–Trinajstić information content (AvgIpc) is 2.81. The molecule has 108 valence electrons. The van der Waals surface area contributed by atoms with Crippen molar-refractivity contribution in [2.45, 2.75) is 50.3 Å². The highest BCUT2D eigenvalue weighted by atomic mass is 16.5. The normalized spacial score (nSPS) is 33.5. The summed E-state index contributed by atoms with van der Waals surface area (Å²) in [5, 5.41) is 6.31. The number of nitrogens with one attached hydrogen (secondary N) is 2. The molecule has 2 unspecified atom stereocenters. The zero-order valence-electron chi connectivity index (χ0n) is 11.8. The molecule has 0 aliphatic carbocycles. The first-order chi connectivity index (χ1) is 9.15. The van der Waals surface area contributed by atoms with E-state index in [1.807, 2.05) is 6.92 Å². The van der Waals surface area contributed by atoms with E-state index in [-0.39, 0.29) is 18.1 Å². The van der Waals surface area contributed by atoms with Gasteiger partial charge in [-0.05, 0) is 39.2 Å². The van der Waals surface area contributed by atoms with E-state index in [2.05, 4.69) is 15.5 Å². The monoisotopic (exact) mass is 267 g/mol. The Morgan fingerprint density at radius 2 is 2.26 bits per heavy atom. The smallest absolute Gasteiger partial charge is 0.246 e. The highest BCUT2D eigenvalue weighted by Gasteiger charge is 2.34. The molecule has 0 aromatic heterocycles. The van der Waals surface area contributed by atoms with Gasteiger partial charge in [0.05, 0.1) is 5.60 Å². The Bertz CT molecular complexity index is 344. The Balaban J connectivity index is 1.39. The van der Waals surface area contributed by atoms with Gasteiger partial charge in [0.15, 0.2) is 0 Å². The molecule has 3 heterocycles. The van der Waals surface area contributed by atoms with E-state index in [4.69, 9.17) is 4.74 Å². The second kappa shape index (κ2) is 5.38. The molecular weight excluding hydrogens is 242 g/mol. The van der Waals surface area contributed by atoms with Crippen LogP contribution in [0.4, 0.5) is 0 Å². The van der Waals surface area contributed by atoms with E-state index in [9.17, 15) is 4.79 Å². The fourth-order valence-corrected chi connectivity index (χ4v) is 3.44. The second-order valence-corrected chi connectivity index (χ2v) is 6.46. The SMILES string of the molecule is CC1(OCC(=O)NC2CCN3CCCC3C2)CNC1. The van der Waals surface area contributed by atoms with Crippen molar-refractivity contribution in [1.29, 1.82) is 0 Å². The lowest BCUT2D eigenvalue weighted by molar-refractivity contribution is -0.136. The minimum Gasteiger partial charge on any atom is -0.363 e. The number of rotatable bonds is 4. The molecule has 0 bridgehead atoms. The first-order valence-electron chi connectivity index (χ1n) is 7.53. The summed E-state index contributed by atoms with van der Waals surface area (Å²) in [6.45, 7) is 6.33. The molecule has 3 rings (SSSR count). The first kappa shape index (κ1) is 13.3. The Kier molecular flexibility index (Phi) is 3.78. The van der Waals surface area contributed by atoms with Crippen LogP contribution in [0.3, 0.4) is 0 Å². The number of piperidine rings is 1. The Morgan fingerprint density at radius 1 is 1.42 bits per heavy atom. The predicted octanol–water partition coefficient (Wildman–Crippen LogP) is 0.108. The predicted molar refractivity (Wildman–Crippen MR) is 73.0 cm³/mol. The van der Waals surface area contributed by atoms with Crippen molar-refractivity contribution in [2.24, 2.45) is 0 Å². The summed E-state index contributed by atoms with van der Waals surface area (Å²) in [6.07, 6.45) is 4.82. The third-order valence-corrected chi connectivity index (χ3v) is 4.74. The van der Waals surface area contributed by atoms with Crippen LogP contribution in [0.25, 0.3) is 0 Å². The Labute approximate surface area is 115 Å². The number of nitrogens with zero attached hydrogens (tertiary/aromatic N) is 1. The molecule has 0 aromatic carbocycles. The van der Waals surface area contributed by atoms with Crippen LogP contribution >= 0.6 is 0 Å². The third kappa shape index (κ3) is 3.09. The molecule has 5 nitrogen and oxygen atoms in total. The maximum atomic E-state index is 11.9. The minimum atomic E-state index is -0.133. The van der Waals surface area contributed by atoms with E-state index in [1.165, 1.54) is 19.4 Å². The van der Waals surface area contributed by atoms with Gasteiger partial charge >= 0.3 is 0 Å². The third-order valence-electron chi connectivity index (χ3n) is 4.74. The highest BCUT2D eigenvalue weighted by Crippen LogP contribution is 2.26. The van der Waals surface area contributed by atoms with E-state index < -0.39 is 0 Å². The van der Waals surface area contributed by atoms with E-state index >= 15 is 0 Å². The van der Waals surface area contributed by atoms with Gasteiger partial charge in [-0.1, -0.05) is 0 Å². The van der Waals surface area contributed by atoms with Crippen LogP contribution in [0.15, 0.2) is 0 Å². The quantitative estimate of drug-likeness (QED) is 0.759. The topological polar surface area (TPSA) is 53.6 Å². The zero-order valence-corrected chi connectivity index (χ0v) is 11.8. The molecule has 19 heavy (non-hydrogen) atoms. The van der Waals surface area contributed by atoms with E-state index in [0.717, 1.165) is 32.5 Å². The van der Waals surface area contributed by atoms with Crippen molar-refractivity contribution < 1.29 is 9.53 Å². The van der Waals surface area contributed by atoms with Gasteiger partial charge in [0.2, 0.25) is 5.91 Å². The Morgan fingerprint density at radius 3 is 3.00 bits per heavy atom. The highest BCUT2D eigenvalue weighted by molar-refractivity contribution is 5.77. The number of carbonyl (C=O) groups excluding carboxylic acids is 1. The first-order valence-corrected chi connectivity index (χ1v) is 7.53. The fourth-order valence-electron chi connectivity index (χ4n) is 3.44. The van der Waals surface area contributed by atoms with Gasteiger partial charge in [-0.15, -0.1) is 0 Å². The molecule has 0 saturated carbocycles. The van der Waals surface area contributed by atoms with Gasteiger partial charge < -0.3 is 20.3 Å². The van der Waals surface area contributed by atoms with Gasteiger partial charge in [-0.3, -0.25) is 4.79 Å². The van der Waals surface area contributed by atoms with Crippen molar-refractivity contribution in [1.82, 2.24) is 15.5 Å². The van der Waals surface area contributed by atoms with Crippen molar-refractivity contribution in [3.05, 3.63) is 0 Å². The summed E-state index contributed by atoms with van der Waals surface area (Å²) in [5.41, 5.74) is -0.133. The largest absolute Gasteiger partial charge is 0.363 e. The molecule has 3 aliphatic rings. The summed E-state index contributed by atoms with van der Waals surface area (Å²) in [5.74, 6) is 0.0459. The van der Waals surface area contributed by atoms with Crippen LogP contribution in [0.1, 0.15) is 32.6 Å². The number of hydrogen-bond donors (Lipinski definition) is 2. The van der Waals surface area contributed by atoms with Crippen molar-refractivity contribution in [3.8, 4) is 0 Å².